The largest absolute Gasteiger partial charge is 0.356 e. The number of benzene rings is 1. The van der Waals surface area contributed by atoms with Gasteiger partial charge < -0.3 is 10.6 Å². The van der Waals surface area contributed by atoms with Gasteiger partial charge in [0.15, 0.2) is 11.6 Å². The molecule has 2 heterocycles. The van der Waals surface area contributed by atoms with Crippen LogP contribution in [0, 0.1) is 17.6 Å². The summed E-state index contributed by atoms with van der Waals surface area (Å²) in [6, 6.07) is 4.07. The number of hydrogen-bond acceptors (Lipinski definition) is 2. The van der Waals surface area contributed by atoms with E-state index in [9.17, 15) is 13.6 Å². The maximum atomic E-state index is 13.6. The van der Waals surface area contributed by atoms with Gasteiger partial charge in [-0.3, -0.25) is 4.79 Å². The van der Waals surface area contributed by atoms with E-state index in [1.165, 1.54) is 12.1 Å². The predicted molar refractivity (Wildman–Crippen MR) is 71.3 cm³/mol. The highest BCUT2D eigenvalue weighted by Gasteiger charge is 2.46. The molecule has 108 valence electrons. The van der Waals surface area contributed by atoms with E-state index in [0.29, 0.717) is 6.54 Å². The zero-order valence-corrected chi connectivity index (χ0v) is 11.2. The van der Waals surface area contributed by atoms with Crippen molar-refractivity contribution >= 4 is 5.91 Å². The molecule has 1 unspecified atom stereocenters. The van der Waals surface area contributed by atoms with E-state index in [-0.39, 0.29) is 17.2 Å². The first-order valence-corrected chi connectivity index (χ1v) is 7.07. The Hall–Kier alpha value is -1.49. The van der Waals surface area contributed by atoms with Crippen LogP contribution >= 0.6 is 0 Å². The fraction of sp³-hybridized carbons (Fsp3) is 0.533. The summed E-state index contributed by atoms with van der Waals surface area (Å²) in [4.78, 5) is 12.1. The third kappa shape index (κ3) is 2.10. The van der Waals surface area contributed by atoms with Crippen LogP contribution in [0.5, 0.6) is 0 Å². The van der Waals surface area contributed by atoms with Crippen LogP contribution in [0.15, 0.2) is 18.2 Å². The molecule has 1 atom stereocenters. The molecule has 5 heteroatoms. The molecule has 2 N–H and O–H groups in total. The summed E-state index contributed by atoms with van der Waals surface area (Å²) in [6.45, 7) is 2.26. The van der Waals surface area contributed by atoms with Crippen molar-refractivity contribution in [2.75, 3.05) is 19.6 Å². The first kappa shape index (κ1) is 13.5. The molecular weight excluding hydrogens is 262 g/mol. The molecule has 3 rings (SSSR count). The van der Waals surface area contributed by atoms with Crippen molar-refractivity contribution in [3.05, 3.63) is 35.4 Å². The number of piperidine rings is 1. The molecule has 0 aromatic heterocycles. The van der Waals surface area contributed by atoms with Crippen LogP contribution in [0.1, 0.15) is 24.8 Å². The van der Waals surface area contributed by atoms with Gasteiger partial charge in [0.2, 0.25) is 5.91 Å². The van der Waals surface area contributed by atoms with Gasteiger partial charge in [0, 0.05) is 17.9 Å². The van der Waals surface area contributed by atoms with E-state index in [0.717, 1.165) is 37.9 Å². The maximum absolute atomic E-state index is 13.6. The Morgan fingerprint density at radius 3 is 2.45 bits per heavy atom. The van der Waals surface area contributed by atoms with E-state index in [1.807, 2.05) is 0 Å². The number of rotatable bonds is 2. The molecule has 0 bridgehead atoms. The average Bonchev–Trinajstić information content (AvgIpc) is 2.89. The molecule has 0 radical (unpaired) electrons. The fourth-order valence-electron chi connectivity index (χ4n) is 3.64. The molecule has 0 spiro atoms. The van der Waals surface area contributed by atoms with E-state index in [2.05, 4.69) is 10.6 Å². The Bertz CT molecular complexity index is 527. The second-order valence-electron chi connectivity index (χ2n) is 5.67. The lowest BCUT2D eigenvalue weighted by Crippen LogP contribution is -2.47. The Kier molecular flexibility index (Phi) is 3.46. The van der Waals surface area contributed by atoms with Crippen LogP contribution in [0.3, 0.4) is 0 Å². The first-order valence-electron chi connectivity index (χ1n) is 7.07. The number of carbonyl (C=O) groups is 1. The summed E-state index contributed by atoms with van der Waals surface area (Å²) < 4.78 is 26.8. The second kappa shape index (κ2) is 5.13. The van der Waals surface area contributed by atoms with Crippen molar-refractivity contribution in [3.63, 3.8) is 0 Å². The summed E-state index contributed by atoms with van der Waals surface area (Å²) >= 11 is 0. The molecule has 0 aliphatic carbocycles. The van der Waals surface area contributed by atoms with Crippen molar-refractivity contribution in [1.82, 2.24) is 10.6 Å². The van der Waals surface area contributed by atoms with Crippen LogP contribution < -0.4 is 10.6 Å². The van der Waals surface area contributed by atoms with Gasteiger partial charge in [0.25, 0.3) is 0 Å². The molecule has 2 saturated heterocycles. The minimum atomic E-state index is -0.839. The highest BCUT2D eigenvalue weighted by Crippen LogP contribution is 2.43. The van der Waals surface area contributed by atoms with Crippen LogP contribution in [0.2, 0.25) is 0 Å². The number of hydrogen-bond donors (Lipinski definition) is 2. The molecule has 2 aliphatic rings. The van der Waals surface area contributed by atoms with Gasteiger partial charge in [0.1, 0.15) is 0 Å². The molecule has 2 aliphatic heterocycles. The van der Waals surface area contributed by atoms with E-state index >= 15 is 0 Å². The summed E-state index contributed by atoms with van der Waals surface area (Å²) in [7, 11) is 0. The molecule has 1 aromatic rings. The smallest absolute Gasteiger partial charge is 0.224 e. The summed E-state index contributed by atoms with van der Waals surface area (Å²) in [6.07, 6.45) is 2.31. The van der Waals surface area contributed by atoms with E-state index in [4.69, 9.17) is 0 Å². The van der Waals surface area contributed by atoms with Crippen LogP contribution in [-0.2, 0) is 10.2 Å². The van der Waals surface area contributed by atoms with Crippen LogP contribution in [0.25, 0.3) is 0 Å². The van der Waals surface area contributed by atoms with Gasteiger partial charge in [-0.15, -0.1) is 0 Å². The lowest BCUT2D eigenvalue weighted by atomic mass is 9.64. The van der Waals surface area contributed by atoms with Crippen molar-refractivity contribution < 1.29 is 13.6 Å². The third-order valence-electron chi connectivity index (χ3n) is 4.71. The van der Waals surface area contributed by atoms with Crippen molar-refractivity contribution in [2.24, 2.45) is 5.92 Å². The van der Waals surface area contributed by atoms with Crippen LogP contribution in [-0.4, -0.2) is 25.5 Å². The maximum Gasteiger partial charge on any atom is 0.224 e. The molecule has 2 fully saturated rings. The van der Waals surface area contributed by atoms with Gasteiger partial charge in [-0.2, -0.15) is 0 Å². The SMILES string of the molecule is O=C1NCCC1C1(c2ccc(F)c(F)c2)CCNCC1. The topological polar surface area (TPSA) is 41.1 Å². The van der Waals surface area contributed by atoms with Gasteiger partial charge in [-0.1, -0.05) is 6.07 Å². The van der Waals surface area contributed by atoms with E-state index in [1.54, 1.807) is 6.07 Å². The Balaban J connectivity index is 2.04. The number of amides is 1. The first-order chi connectivity index (χ1) is 9.63. The fourth-order valence-corrected chi connectivity index (χ4v) is 3.64. The highest BCUT2D eigenvalue weighted by molar-refractivity contribution is 5.82. The number of carbonyl (C=O) groups excluding carboxylic acids is 1. The number of nitrogens with one attached hydrogen (secondary N) is 2. The number of halogens is 2. The summed E-state index contributed by atoms with van der Waals surface area (Å²) in [5, 5.41) is 6.13. The van der Waals surface area contributed by atoms with E-state index < -0.39 is 11.6 Å². The molecule has 0 saturated carbocycles. The zero-order valence-electron chi connectivity index (χ0n) is 11.2. The van der Waals surface area contributed by atoms with Gasteiger partial charge >= 0.3 is 0 Å². The van der Waals surface area contributed by atoms with Gasteiger partial charge in [-0.05, 0) is 50.0 Å². The minimum Gasteiger partial charge on any atom is -0.356 e. The summed E-state index contributed by atoms with van der Waals surface area (Å²) in [5.74, 6) is -1.78. The monoisotopic (exact) mass is 280 g/mol. The van der Waals surface area contributed by atoms with Crippen molar-refractivity contribution in [2.45, 2.75) is 24.7 Å². The summed E-state index contributed by atoms with van der Waals surface area (Å²) in [5.41, 5.74) is 0.375. The zero-order chi connectivity index (χ0) is 14.2. The Morgan fingerprint density at radius 2 is 1.85 bits per heavy atom. The lowest BCUT2D eigenvalue weighted by Gasteiger charge is -2.42. The lowest BCUT2D eigenvalue weighted by molar-refractivity contribution is -0.124. The minimum absolute atomic E-state index is 0.0385. The van der Waals surface area contributed by atoms with Gasteiger partial charge in [-0.25, -0.2) is 8.78 Å². The normalized spacial score (nSPS) is 25.5. The third-order valence-corrected chi connectivity index (χ3v) is 4.71. The molecule has 3 nitrogen and oxygen atoms in total. The molecule has 1 amide bonds. The average molecular weight is 280 g/mol. The standard InChI is InChI=1S/C15H18F2N2O/c16-12-2-1-10(9-13(12)17)15(4-7-18-8-5-15)11-3-6-19-14(11)20/h1-2,9,11,18H,3-8H2,(H,19,20). The molecular formula is C15H18F2N2O. The van der Waals surface area contributed by atoms with Crippen molar-refractivity contribution in [3.8, 4) is 0 Å². The molecule has 1 aromatic carbocycles. The Morgan fingerprint density at radius 1 is 1.10 bits per heavy atom. The Labute approximate surface area is 116 Å². The van der Waals surface area contributed by atoms with Crippen molar-refractivity contribution in [1.29, 1.82) is 0 Å². The quantitative estimate of drug-likeness (QED) is 0.866. The predicted octanol–water partition coefficient (Wildman–Crippen LogP) is 1.72. The second-order valence-corrected chi connectivity index (χ2v) is 5.67. The highest BCUT2D eigenvalue weighted by atomic mass is 19.2. The molecule has 20 heavy (non-hydrogen) atoms. The van der Waals surface area contributed by atoms with Crippen LogP contribution in [0.4, 0.5) is 8.78 Å². The van der Waals surface area contributed by atoms with Gasteiger partial charge in [0.05, 0.1) is 0 Å².